The Kier molecular flexibility index (Phi) is 5.18. The van der Waals surface area contributed by atoms with Crippen molar-refractivity contribution in [2.45, 2.75) is 13.2 Å². The minimum atomic E-state index is -0.979. The first-order chi connectivity index (χ1) is 8.56. The Bertz CT molecular complexity index is 422. The van der Waals surface area contributed by atoms with Crippen LogP contribution in [-0.2, 0) is 14.3 Å². The van der Waals surface area contributed by atoms with E-state index in [9.17, 15) is 19.3 Å². The van der Waals surface area contributed by atoms with E-state index < -0.39 is 29.7 Å². The second kappa shape index (κ2) is 6.64. The molecule has 1 aromatic heterocycles. The smallest absolute Gasteiger partial charge is 0.436 e. The van der Waals surface area contributed by atoms with E-state index in [1.807, 2.05) is 0 Å². The Morgan fingerprint density at radius 1 is 1.72 bits per heavy atom. The van der Waals surface area contributed by atoms with Crippen LogP contribution in [0.3, 0.4) is 0 Å². The van der Waals surface area contributed by atoms with Gasteiger partial charge in [0, 0.05) is 6.92 Å². The molecular weight excluding hydrogens is 249 g/mol. The number of ether oxygens (including phenoxy) is 2. The van der Waals surface area contributed by atoms with Crippen molar-refractivity contribution in [2.75, 3.05) is 19.9 Å². The largest absolute Gasteiger partial charge is 0.459 e. The number of esters is 1. The lowest BCUT2D eigenvalue weighted by molar-refractivity contribution is -0.398. The Hall–Kier alpha value is -2.03. The molecule has 0 spiro atoms. The topological polar surface area (TPSA) is 96.5 Å². The highest BCUT2D eigenvalue weighted by Gasteiger charge is 2.24. The van der Waals surface area contributed by atoms with Gasteiger partial charge in [0.25, 0.3) is 0 Å². The molecule has 100 valence electrons. The maximum atomic E-state index is 12.1. The minimum absolute atomic E-state index is 0.257. The van der Waals surface area contributed by atoms with Gasteiger partial charge in [-0.25, -0.2) is 4.39 Å². The van der Waals surface area contributed by atoms with Gasteiger partial charge in [0.05, 0.1) is 6.61 Å². The minimum Gasteiger partial charge on any atom is -0.459 e. The summed E-state index contributed by atoms with van der Waals surface area (Å²) in [5, 5.41) is 10.7. The van der Waals surface area contributed by atoms with Crippen LogP contribution in [0.5, 0.6) is 0 Å². The highest BCUT2D eigenvalue weighted by atomic mass is 19.1. The summed E-state index contributed by atoms with van der Waals surface area (Å²) in [5.41, 5.74) is 0. The molecule has 1 unspecified atom stereocenters. The molecule has 9 heteroatoms. The molecule has 0 fully saturated rings. The summed E-state index contributed by atoms with van der Waals surface area (Å²) < 4.78 is 22.9. The molecule has 0 amide bonds. The first kappa shape index (κ1) is 14.0. The highest BCUT2D eigenvalue weighted by molar-refractivity contribution is 5.65. The van der Waals surface area contributed by atoms with E-state index >= 15 is 0 Å². The van der Waals surface area contributed by atoms with E-state index in [0.717, 1.165) is 4.57 Å². The molecule has 1 heterocycles. The predicted molar refractivity (Wildman–Crippen MR) is 56.5 cm³/mol. The molecular formula is C9H12FN3O5. The first-order valence-corrected chi connectivity index (χ1v) is 5.04. The average molecular weight is 261 g/mol. The maximum Gasteiger partial charge on any atom is 0.436 e. The lowest BCUT2D eigenvalue weighted by atomic mass is 10.5. The van der Waals surface area contributed by atoms with Gasteiger partial charge in [0.1, 0.15) is 19.1 Å². The molecule has 8 nitrogen and oxygen atoms in total. The molecule has 0 saturated carbocycles. The SMILES string of the molecule is CC(=O)OCC(OCCF)n1ccnc1[N+](=O)[O-]. The fraction of sp³-hybridized carbons (Fsp3) is 0.556. The number of carbonyl (C=O) groups excluding carboxylic acids is 1. The molecule has 0 N–H and O–H groups in total. The number of carbonyl (C=O) groups is 1. The van der Waals surface area contributed by atoms with Crippen molar-refractivity contribution in [2.24, 2.45) is 0 Å². The molecule has 0 aliphatic rings. The van der Waals surface area contributed by atoms with Crippen LogP contribution in [0, 0.1) is 10.1 Å². The zero-order valence-corrected chi connectivity index (χ0v) is 9.61. The summed E-state index contributed by atoms with van der Waals surface area (Å²) >= 11 is 0. The fourth-order valence-electron chi connectivity index (χ4n) is 1.25. The summed E-state index contributed by atoms with van der Waals surface area (Å²) in [6.45, 7) is -0.0819. The average Bonchev–Trinajstić information content (AvgIpc) is 2.78. The number of hydrogen-bond donors (Lipinski definition) is 0. The van der Waals surface area contributed by atoms with Crippen LogP contribution in [0.2, 0.25) is 0 Å². The van der Waals surface area contributed by atoms with E-state index in [4.69, 9.17) is 9.47 Å². The lowest BCUT2D eigenvalue weighted by Crippen LogP contribution is -2.22. The predicted octanol–water partition coefficient (Wildman–Crippen LogP) is 0.839. The van der Waals surface area contributed by atoms with Crippen molar-refractivity contribution in [3.63, 3.8) is 0 Å². The van der Waals surface area contributed by atoms with E-state index in [2.05, 4.69) is 4.98 Å². The molecule has 1 aromatic rings. The van der Waals surface area contributed by atoms with Crippen LogP contribution >= 0.6 is 0 Å². The molecule has 0 aromatic carbocycles. The zero-order valence-electron chi connectivity index (χ0n) is 9.61. The molecule has 0 radical (unpaired) electrons. The molecule has 0 aliphatic carbocycles. The van der Waals surface area contributed by atoms with E-state index in [1.165, 1.54) is 19.3 Å². The number of imidazole rings is 1. The van der Waals surface area contributed by atoms with Crippen LogP contribution in [0.4, 0.5) is 10.3 Å². The lowest BCUT2D eigenvalue weighted by Gasteiger charge is -2.15. The summed E-state index contributed by atoms with van der Waals surface area (Å²) in [4.78, 5) is 24.2. The van der Waals surface area contributed by atoms with Gasteiger partial charge in [-0.2, -0.15) is 4.57 Å². The van der Waals surface area contributed by atoms with Gasteiger partial charge in [0.2, 0.25) is 6.23 Å². The third-order valence-electron chi connectivity index (χ3n) is 1.94. The van der Waals surface area contributed by atoms with Crippen LogP contribution in [0.1, 0.15) is 13.2 Å². The number of hydrogen-bond acceptors (Lipinski definition) is 6. The van der Waals surface area contributed by atoms with Crippen LogP contribution in [0.15, 0.2) is 12.4 Å². The summed E-state index contributed by atoms with van der Waals surface area (Å²) in [6.07, 6.45) is 1.52. The normalized spacial score (nSPS) is 12.1. The molecule has 1 atom stereocenters. The zero-order chi connectivity index (χ0) is 13.5. The first-order valence-electron chi connectivity index (χ1n) is 5.04. The Morgan fingerprint density at radius 2 is 2.44 bits per heavy atom. The third-order valence-corrected chi connectivity index (χ3v) is 1.94. The van der Waals surface area contributed by atoms with Crippen molar-refractivity contribution >= 4 is 11.9 Å². The van der Waals surface area contributed by atoms with Crippen LogP contribution < -0.4 is 0 Å². The standard InChI is InChI=1S/C9H12FN3O5/c1-7(14)18-6-8(17-5-2-10)12-4-3-11-9(12)13(15)16/h3-4,8H,2,5-6H2,1H3. The number of aromatic nitrogens is 2. The summed E-state index contributed by atoms with van der Waals surface area (Å²) in [5.74, 6) is -1.03. The van der Waals surface area contributed by atoms with Crippen molar-refractivity contribution in [3.8, 4) is 0 Å². The highest BCUT2D eigenvalue weighted by Crippen LogP contribution is 2.17. The third kappa shape index (κ3) is 3.77. The van der Waals surface area contributed by atoms with E-state index in [1.54, 1.807) is 0 Å². The second-order valence-electron chi connectivity index (χ2n) is 3.21. The van der Waals surface area contributed by atoms with Gasteiger partial charge in [-0.1, -0.05) is 4.98 Å². The quantitative estimate of drug-likeness (QED) is 0.410. The van der Waals surface area contributed by atoms with Gasteiger partial charge in [-0.3, -0.25) is 4.79 Å². The van der Waals surface area contributed by atoms with Crippen molar-refractivity contribution in [1.82, 2.24) is 9.55 Å². The van der Waals surface area contributed by atoms with E-state index in [-0.39, 0.29) is 13.2 Å². The maximum absolute atomic E-state index is 12.1. The Labute approximate surface area is 101 Å². The Morgan fingerprint density at radius 3 is 3.00 bits per heavy atom. The molecule has 1 rings (SSSR count). The van der Waals surface area contributed by atoms with E-state index in [0.29, 0.717) is 0 Å². The van der Waals surface area contributed by atoms with Gasteiger partial charge >= 0.3 is 11.9 Å². The summed E-state index contributed by atoms with van der Waals surface area (Å²) in [7, 11) is 0. The Balaban J connectivity index is 2.82. The summed E-state index contributed by atoms with van der Waals surface area (Å²) in [6, 6.07) is 0. The molecule has 18 heavy (non-hydrogen) atoms. The number of rotatable bonds is 7. The van der Waals surface area contributed by atoms with Crippen molar-refractivity contribution < 1.29 is 23.6 Å². The fourth-order valence-corrected chi connectivity index (χ4v) is 1.25. The van der Waals surface area contributed by atoms with Crippen LogP contribution in [0.25, 0.3) is 0 Å². The second-order valence-corrected chi connectivity index (χ2v) is 3.21. The van der Waals surface area contributed by atoms with Gasteiger partial charge in [0.15, 0.2) is 6.61 Å². The number of halogens is 1. The molecule has 0 saturated heterocycles. The van der Waals surface area contributed by atoms with Gasteiger partial charge in [-0.15, -0.1) is 0 Å². The number of nitrogens with zero attached hydrogens (tertiary/aromatic N) is 3. The monoisotopic (exact) mass is 261 g/mol. The van der Waals surface area contributed by atoms with Gasteiger partial charge in [-0.05, 0) is 4.92 Å². The molecule has 0 aliphatic heterocycles. The number of nitro groups is 1. The molecule has 0 bridgehead atoms. The number of alkyl halides is 1. The van der Waals surface area contributed by atoms with Gasteiger partial charge < -0.3 is 19.6 Å². The van der Waals surface area contributed by atoms with Crippen molar-refractivity contribution in [1.29, 1.82) is 0 Å². The van der Waals surface area contributed by atoms with Crippen LogP contribution in [-0.4, -0.2) is 40.3 Å². The van der Waals surface area contributed by atoms with Crippen molar-refractivity contribution in [3.05, 3.63) is 22.5 Å².